The van der Waals surface area contributed by atoms with Gasteiger partial charge in [-0.1, -0.05) is 6.92 Å². The number of hydrogen-bond donors (Lipinski definition) is 1. The highest BCUT2D eigenvalue weighted by Gasteiger charge is 2.13. The van der Waals surface area contributed by atoms with Crippen molar-refractivity contribution in [1.29, 1.82) is 0 Å². The van der Waals surface area contributed by atoms with Crippen molar-refractivity contribution in [2.75, 3.05) is 32.8 Å². The minimum Gasteiger partial charge on any atom is -0.465 e. The zero-order valence-corrected chi connectivity index (χ0v) is 12.5. The van der Waals surface area contributed by atoms with Crippen LogP contribution in [0.5, 0.6) is 0 Å². The van der Waals surface area contributed by atoms with E-state index in [-0.39, 0.29) is 17.7 Å². The Morgan fingerprint density at radius 3 is 2.95 bits per heavy atom. The van der Waals surface area contributed by atoms with Crippen LogP contribution in [0.15, 0.2) is 27.8 Å². The highest BCUT2D eigenvalue weighted by atomic mass is 16.5. The van der Waals surface area contributed by atoms with Gasteiger partial charge in [-0.15, -0.1) is 0 Å². The summed E-state index contributed by atoms with van der Waals surface area (Å²) in [6.45, 7) is 6.34. The number of ether oxygens (including phenoxy) is 1. The Balaban J connectivity index is 1.84. The number of amidine groups is 1. The molecule has 116 valence electrons. The first-order chi connectivity index (χ1) is 10.3. The van der Waals surface area contributed by atoms with Crippen molar-refractivity contribution in [1.82, 2.24) is 10.2 Å². The first kappa shape index (κ1) is 15.6. The molecule has 6 nitrogen and oxygen atoms in total. The highest BCUT2D eigenvalue weighted by Crippen LogP contribution is 2.06. The van der Waals surface area contributed by atoms with Gasteiger partial charge in [-0.3, -0.25) is 10.1 Å². The normalized spacial score (nSPS) is 16.1. The van der Waals surface area contributed by atoms with Gasteiger partial charge in [0.15, 0.2) is 5.76 Å². The molecular weight excluding hydrogens is 270 g/mol. The lowest BCUT2D eigenvalue weighted by Gasteiger charge is -2.13. The Morgan fingerprint density at radius 2 is 2.29 bits per heavy atom. The second-order valence-corrected chi connectivity index (χ2v) is 5.02. The zero-order valence-electron chi connectivity index (χ0n) is 12.5. The molecule has 1 saturated heterocycles. The van der Waals surface area contributed by atoms with E-state index in [2.05, 4.69) is 15.2 Å². The topological polar surface area (TPSA) is 67.1 Å². The largest absolute Gasteiger partial charge is 0.465 e. The average Bonchev–Trinajstić information content (AvgIpc) is 3.17. The van der Waals surface area contributed by atoms with Gasteiger partial charge in [0.25, 0.3) is 11.9 Å². The van der Waals surface area contributed by atoms with Gasteiger partial charge in [0.05, 0.1) is 19.4 Å². The number of carbonyl (C=O) groups excluding carboxylic acids is 1. The summed E-state index contributed by atoms with van der Waals surface area (Å²) in [5.41, 5.74) is 0. The summed E-state index contributed by atoms with van der Waals surface area (Å²) >= 11 is 0. The molecule has 1 aromatic heterocycles. The van der Waals surface area contributed by atoms with E-state index in [4.69, 9.17) is 9.15 Å². The molecule has 0 spiro atoms. The number of rotatable bonds is 6. The van der Waals surface area contributed by atoms with Crippen LogP contribution in [0.25, 0.3) is 0 Å². The molecule has 1 amide bonds. The standard InChI is InChI=1S/C15H23N3O3/c1-2-11-21-15(16-7-10-18-8-3-4-9-18)17-14(19)13-6-5-12-20-13/h5-6,12H,2-4,7-11H2,1H3,(H,16,17,19). The predicted octanol–water partition coefficient (Wildman–Crippen LogP) is 1.89. The van der Waals surface area contributed by atoms with Gasteiger partial charge >= 0.3 is 0 Å². The third-order valence-electron chi connectivity index (χ3n) is 3.28. The van der Waals surface area contributed by atoms with Crippen molar-refractivity contribution in [2.24, 2.45) is 4.99 Å². The molecule has 0 radical (unpaired) electrons. The van der Waals surface area contributed by atoms with Gasteiger partial charge < -0.3 is 14.1 Å². The van der Waals surface area contributed by atoms with E-state index in [0.29, 0.717) is 13.2 Å². The van der Waals surface area contributed by atoms with Crippen molar-refractivity contribution in [3.63, 3.8) is 0 Å². The molecule has 21 heavy (non-hydrogen) atoms. The van der Waals surface area contributed by atoms with Crippen molar-refractivity contribution in [2.45, 2.75) is 26.2 Å². The van der Waals surface area contributed by atoms with Crippen LogP contribution in [0.3, 0.4) is 0 Å². The van der Waals surface area contributed by atoms with Crippen molar-refractivity contribution in [3.8, 4) is 0 Å². The Morgan fingerprint density at radius 1 is 1.48 bits per heavy atom. The molecule has 1 aromatic rings. The lowest BCUT2D eigenvalue weighted by molar-refractivity contribution is 0.0938. The molecule has 2 rings (SSSR count). The molecular formula is C15H23N3O3. The van der Waals surface area contributed by atoms with Crippen LogP contribution in [-0.4, -0.2) is 49.6 Å². The van der Waals surface area contributed by atoms with Gasteiger partial charge in [-0.2, -0.15) is 0 Å². The van der Waals surface area contributed by atoms with Crippen LogP contribution >= 0.6 is 0 Å². The molecule has 0 unspecified atom stereocenters. The van der Waals surface area contributed by atoms with E-state index in [1.165, 1.54) is 19.1 Å². The van der Waals surface area contributed by atoms with Crippen LogP contribution in [0.4, 0.5) is 0 Å². The average molecular weight is 293 g/mol. The van der Waals surface area contributed by atoms with E-state index in [1.54, 1.807) is 12.1 Å². The van der Waals surface area contributed by atoms with E-state index < -0.39 is 0 Å². The second-order valence-electron chi connectivity index (χ2n) is 5.02. The molecule has 0 aliphatic carbocycles. The number of nitrogens with zero attached hydrogens (tertiary/aromatic N) is 2. The molecule has 2 heterocycles. The number of carbonyl (C=O) groups is 1. The number of nitrogens with one attached hydrogen (secondary N) is 1. The van der Waals surface area contributed by atoms with Crippen LogP contribution in [0.2, 0.25) is 0 Å². The van der Waals surface area contributed by atoms with Crippen LogP contribution in [0.1, 0.15) is 36.7 Å². The van der Waals surface area contributed by atoms with Crippen LogP contribution < -0.4 is 5.32 Å². The number of hydrogen-bond acceptors (Lipinski definition) is 5. The number of amides is 1. The van der Waals surface area contributed by atoms with Gasteiger partial charge in [-0.05, 0) is 44.5 Å². The van der Waals surface area contributed by atoms with E-state index >= 15 is 0 Å². The van der Waals surface area contributed by atoms with Crippen molar-refractivity contribution in [3.05, 3.63) is 24.2 Å². The summed E-state index contributed by atoms with van der Waals surface area (Å²) in [6, 6.07) is 3.56. The minimum absolute atomic E-state index is 0.252. The number of likely N-dealkylation sites (tertiary alicyclic amines) is 1. The summed E-state index contributed by atoms with van der Waals surface area (Å²) in [6.07, 6.45) is 4.85. The van der Waals surface area contributed by atoms with Gasteiger partial charge in [0.2, 0.25) is 0 Å². The van der Waals surface area contributed by atoms with Crippen molar-refractivity contribution >= 4 is 11.9 Å². The molecule has 1 N–H and O–H groups in total. The van der Waals surface area contributed by atoms with Gasteiger partial charge in [0.1, 0.15) is 0 Å². The maximum Gasteiger partial charge on any atom is 0.294 e. The van der Waals surface area contributed by atoms with Crippen LogP contribution in [-0.2, 0) is 4.74 Å². The molecule has 0 bridgehead atoms. The lowest BCUT2D eigenvalue weighted by Crippen LogP contribution is -2.33. The summed E-state index contributed by atoms with van der Waals surface area (Å²) in [5.74, 6) is -0.0848. The maximum absolute atomic E-state index is 11.9. The van der Waals surface area contributed by atoms with E-state index in [0.717, 1.165) is 26.1 Å². The molecule has 0 atom stereocenters. The molecule has 6 heteroatoms. The van der Waals surface area contributed by atoms with E-state index in [1.807, 2.05) is 6.92 Å². The fourth-order valence-electron chi connectivity index (χ4n) is 2.19. The SMILES string of the molecule is CCCOC(=NCCN1CCCC1)NC(=O)c1ccco1. The summed E-state index contributed by atoms with van der Waals surface area (Å²) in [4.78, 5) is 18.6. The first-order valence-electron chi connectivity index (χ1n) is 7.54. The summed E-state index contributed by atoms with van der Waals surface area (Å²) in [5, 5.41) is 2.66. The van der Waals surface area contributed by atoms with Crippen molar-refractivity contribution < 1.29 is 13.9 Å². The zero-order chi connectivity index (χ0) is 14.9. The minimum atomic E-state index is -0.337. The molecule has 1 aliphatic rings. The lowest BCUT2D eigenvalue weighted by atomic mass is 10.4. The fourth-order valence-corrected chi connectivity index (χ4v) is 2.19. The number of aliphatic imine (C=N–C) groups is 1. The van der Waals surface area contributed by atoms with Gasteiger partial charge in [0, 0.05) is 6.54 Å². The third kappa shape index (κ3) is 5.23. The highest BCUT2D eigenvalue weighted by molar-refractivity contribution is 6.02. The summed E-state index contributed by atoms with van der Waals surface area (Å²) < 4.78 is 10.5. The Bertz CT molecular complexity index is 451. The Hall–Kier alpha value is -1.82. The molecule has 0 aromatic carbocycles. The third-order valence-corrected chi connectivity index (χ3v) is 3.28. The van der Waals surface area contributed by atoms with Gasteiger partial charge in [-0.25, -0.2) is 4.99 Å². The summed E-state index contributed by atoms with van der Waals surface area (Å²) in [7, 11) is 0. The quantitative estimate of drug-likeness (QED) is 0.642. The Labute approximate surface area is 125 Å². The predicted molar refractivity (Wildman–Crippen MR) is 80.4 cm³/mol. The monoisotopic (exact) mass is 293 g/mol. The molecule has 1 fully saturated rings. The van der Waals surface area contributed by atoms with Crippen LogP contribution in [0, 0.1) is 0 Å². The fraction of sp³-hybridized carbons (Fsp3) is 0.600. The second kappa shape index (κ2) is 8.46. The first-order valence-corrected chi connectivity index (χ1v) is 7.54. The number of furan rings is 1. The Kier molecular flexibility index (Phi) is 6.27. The smallest absolute Gasteiger partial charge is 0.294 e. The maximum atomic E-state index is 11.9. The molecule has 0 saturated carbocycles. The van der Waals surface area contributed by atoms with E-state index in [9.17, 15) is 4.79 Å². The molecule has 1 aliphatic heterocycles.